The molecule has 0 atom stereocenters. The minimum Gasteiger partial charge on any atom is -0.330 e. The molecule has 2 N–H and O–H groups in total. The molecule has 0 bridgehead atoms. The number of hydrogen-bond donors (Lipinski definition) is 1. The number of carbonyl (C=O) groups excluding carboxylic acids is 1. The molecule has 0 aromatic heterocycles. The highest BCUT2D eigenvalue weighted by molar-refractivity contribution is 5.97. The second kappa shape index (κ2) is 6.38. The van der Waals surface area contributed by atoms with Crippen LogP contribution in [0.25, 0.3) is 0 Å². The molecule has 88 valence electrons. The first kappa shape index (κ1) is 12.8. The zero-order valence-corrected chi connectivity index (χ0v) is 9.63. The van der Waals surface area contributed by atoms with Crippen LogP contribution < -0.4 is 5.73 Å². The molecule has 0 radical (unpaired) electrons. The van der Waals surface area contributed by atoms with Gasteiger partial charge in [-0.2, -0.15) is 0 Å². The fourth-order valence-electron chi connectivity index (χ4n) is 1.68. The molecule has 0 fully saturated rings. The Hall–Kier alpha value is -1.22. The van der Waals surface area contributed by atoms with Crippen LogP contribution in [0.2, 0.25) is 0 Å². The summed E-state index contributed by atoms with van der Waals surface area (Å²) in [6.07, 6.45) is 3.30. The molecule has 1 aromatic rings. The molecule has 0 spiro atoms. The SMILES string of the molecule is Cc1cc(F)ccc1C(=O)CCCCCN. The second-order valence-corrected chi connectivity index (χ2v) is 3.98. The summed E-state index contributed by atoms with van der Waals surface area (Å²) in [5.41, 5.74) is 6.72. The zero-order chi connectivity index (χ0) is 12.0. The summed E-state index contributed by atoms with van der Waals surface area (Å²) in [6, 6.07) is 4.29. The predicted octanol–water partition coefficient (Wildman–Crippen LogP) is 2.84. The van der Waals surface area contributed by atoms with Crippen molar-refractivity contribution < 1.29 is 9.18 Å². The van der Waals surface area contributed by atoms with Crippen LogP contribution in [0.3, 0.4) is 0 Å². The number of halogens is 1. The van der Waals surface area contributed by atoms with Gasteiger partial charge in [-0.25, -0.2) is 4.39 Å². The number of benzene rings is 1. The van der Waals surface area contributed by atoms with Crippen molar-refractivity contribution in [1.82, 2.24) is 0 Å². The van der Waals surface area contributed by atoms with Gasteiger partial charge in [-0.1, -0.05) is 6.42 Å². The van der Waals surface area contributed by atoms with Crippen molar-refractivity contribution in [3.05, 3.63) is 35.1 Å². The average Bonchev–Trinajstić information content (AvgIpc) is 2.24. The average molecular weight is 223 g/mol. The van der Waals surface area contributed by atoms with E-state index in [-0.39, 0.29) is 11.6 Å². The molecule has 0 amide bonds. The minimum atomic E-state index is -0.294. The maximum Gasteiger partial charge on any atom is 0.163 e. The van der Waals surface area contributed by atoms with Crippen LogP contribution in [0.5, 0.6) is 0 Å². The van der Waals surface area contributed by atoms with Crippen LogP contribution in [0, 0.1) is 12.7 Å². The van der Waals surface area contributed by atoms with Gasteiger partial charge in [-0.15, -0.1) is 0 Å². The van der Waals surface area contributed by atoms with Crippen molar-refractivity contribution in [2.75, 3.05) is 6.54 Å². The number of aryl methyl sites for hydroxylation is 1. The van der Waals surface area contributed by atoms with E-state index in [2.05, 4.69) is 0 Å². The van der Waals surface area contributed by atoms with Gasteiger partial charge in [0.2, 0.25) is 0 Å². The van der Waals surface area contributed by atoms with E-state index in [0.29, 0.717) is 24.1 Å². The largest absolute Gasteiger partial charge is 0.330 e. The van der Waals surface area contributed by atoms with Crippen molar-refractivity contribution in [2.45, 2.75) is 32.6 Å². The third-order valence-electron chi connectivity index (χ3n) is 2.60. The maximum atomic E-state index is 12.8. The van der Waals surface area contributed by atoms with Gasteiger partial charge in [0.05, 0.1) is 0 Å². The normalized spacial score (nSPS) is 10.4. The van der Waals surface area contributed by atoms with Gasteiger partial charge in [0.25, 0.3) is 0 Å². The van der Waals surface area contributed by atoms with Crippen molar-refractivity contribution in [2.24, 2.45) is 5.73 Å². The van der Waals surface area contributed by atoms with Crippen LogP contribution in [0.4, 0.5) is 4.39 Å². The molecule has 0 aliphatic carbocycles. The molecule has 1 rings (SSSR count). The lowest BCUT2D eigenvalue weighted by Gasteiger charge is -2.04. The molecular formula is C13H18FNO. The lowest BCUT2D eigenvalue weighted by Crippen LogP contribution is -2.03. The second-order valence-electron chi connectivity index (χ2n) is 3.98. The third-order valence-corrected chi connectivity index (χ3v) is 2.60. The van der Waals surface area contributed by atoms with Crippen LogP contribution in [0.15, 0.2) is 18.2 Å². The molecular weight excluding hydrogens is 205 g/mol. The van der Waals surface area contributed by atoms with E-state index in [1.54, 1.807) is 13.0 Å². The van der Waals surface area contributed by atoms with E-state index in [0.717, 1.165) is 19.3 Å². The topological polar surface area (TPSA) is 43.1 Å². The standard InChI is InChI=1S/C13H18FNO/c1-10-9-11(14)6-7-12(10)13(16)5-3-2-4-8-15/h6-7,9H,2-5,8,15H2,1H3. The Bertz CT molecular complexity index is 363. The third kappa shape index (κ3) is 3.74. The predicted molar refractivity (Wildman–Crippen MR) is 63.0 cm³/mol. The van der Waals surface area contributed by atoms with Crippen LogP contribution in [-0.2, 0) is 0 Å². The smallest absolute Gasteiger partial charge is 0.163 e. The summed E-state index contributed by atoms with van der Waals surface area (Å²) < 4.78 is 12.8. The number of rotatable bonds is 6. The Morgan fingerprint density at radius 1 is 1.31 bits per heavy atom. The van der Waals surface area contributed by atoms with Gasteiger partial charge in [0, 0.05) is 12.0 Å². The Labute approximate surface area is 95.7 Å². The first-order valence-corrected chi connectivity index (χ1v) is 5.64. The van der Waals surface area contributed by atoms with Gasteiger partial charge >= 0.3 is 0 Å². The Morgan fingerprint density at radius 3 is 2.69 bits per heavy atom. The highest BCUT2D eigenvalue weighted by Gasteiger charge is 2.08. The Morgan fingerprint density at radius 2 is 2.06 bits per heavy atom. The van der Waals surface area contributed by atoms with E-state index < -0.39 is 0 Å². The quantitative estimate of drug-likeness (QED) is 0.595. The first-order valence-electron chi connectivity index (χ1n) is 5.64. The van der Waals surface area contributed by atoms with Crippen molar-refractivity contribution in [3.8, 4) is 0 Å². The van der Waals surface area contributed by atoms with Gasteiger partial charge in [-0.3, -0.25) is 4.79 Å². The van der Waals surface area contributed by atoms with Crippen molar-refractivity contribution in [3.63, 3.8) is 0 Å². The van der Waals surface area contributed by atoms with Gasteiger partial charge in [0.1, 0.15) is 5.82 Å². The lowest BCUT2D eigenvalue weighted by molar-refractivity contribution is 0.0978. The van der Waals surface area contributed by atoms with Crippen molar-refractivity contribution >= 4 is 5.78 Å². The summed E-state index contributed by atoms with van der Waals surface area (Å²) in [4.78, 5) is 11.8. The van der Waals surface area contributed by atoms with Gasteiger partial charge in [-0.05, 0) is 50.1 Å². The summed E-state index contributed by atoms with van der Waals surface area (Å²) in [7, 11) is 0. The van der Waals surface area contributed by atoms with Gasteiger partial charge in [0.15, 0.2) is 5.78 Å². The molecule has 0 heterocycles. The van der Waals surface area contributed by atoms with Gasteiger partial charge < -0.3 is 5.73 Å². The van der Waals surface area contributed by atoms with Crippen LogP contribution in [0.1, 0.15) is 41.6 Å². The molecule has 0 saturated carbocycles. The minimum absolute atomic E-state index is 0.0921. The number of carbonyl (C=O) groups is 1. The Balaban J connectivity index is 2.53. The summed E-state index contributed by atoms with van der Waals surface area (Å²) >= 11 is 0. The fourth-order valence-corrected chi connectivity index (χ4v) is 1.68. The van der Waals surface area contributed by atoms with E-state index in [4.69, 9.17) is 5.73 Å². The first-order chi connectivity index (χ1) is 7.65. The number of hydrogen-bond acceptors (Lipinski definition) is 2. The van der Waals surface area contributed by atoms with E-state index in [1.165, 1.54) is 12.1 Å². The molecule has 1 aromatic carbocycles. The van der Waals surface area contributed by atoms with E-state index >= 15 is 0 Å². The molecule has 0 aliphatic rings. The molecule has 0 aliphatic heterocycles. The van der Waals surface area contributed by atoms with E-state index in [1.807, 2.05) is 0 Å². The highest BCUT2D eigenvalue weighted by Crippen LogP contribution is 2.14. The molecule has 2 nitrogen and oxygen atoms in total. The molecule has 16 heavy (non-hydrogen) atoms. The summed E-state index contributed by atoms with van der Waals surface area (Å²) in [5, 5.41) is 0. The van der Waals surface area contributed by atoms with Crippen molar-refractivity contribution in [1.29, 1.82) is 0 Å². The fraction of sp³-hybridized carbons (Fsp3) is 0.462. The maximum absolute atomic E-state index is 12.8. The molecule has 3 heteroatoms. The molecule has 0 unspecified atom stereocenters. The van der Waals surface area contributed by atoms with Crippen LogP contribution >= 0.6 is 0 Å². The Kier molecular flexibility index (Phi) is 5.12. The number of Topliss-reactive ketones (excluding diaryl/α,β-unsaturated/α-hetero) is 1. The summed E-state index contributed by atoms with van der Waals surface area (Å²) in [6.45, 7) is 2.43. The number of nitrogens with two attached hydrogens (primary N) is 1. The summed E-state index contributed by atoms with van der Waals surface area (Å²) in [5.74, 6) is -0.202. The van der Waals surface area contributed by atoms with E-state index in [9.17, 15) is 9.18 Å². The number of ketones is 1. The monoisotopic (exact) mass is 223 g/mol. The van der Waals surface area contributed by atoms with Crippen LogP contribution in [-0.4, -0.2) is 12.3 Å². The lowest BCUT2D eigenvalue weighted by atomic mass is 10.0. The zero-order valence-electron chi connectivity index (χ0n) is 9.63. The number of unbranched alkanes of at least 4 members (excludes halogenated alkanes) is 2. The highest BCUT2D eigenvalue weighted by atomic mass is 19.1. The molecule has 0 saturated heterocycles.